The standard InChI is InChI=1S/C24H34N4O2/c1-17-13-20(15-26-24(17)25)27-19-9-11-28(12-10-19)16-18-7-8-22(29-2)23(14-18)30-21-5-3-4-6-21/h7-8,13-15,19,21,27H,3-6,9-12,16H2,1-2H3,(H2,25,26). The van der Waals surface area contributed by atoms with Gasteiger partial charge in [-0.15, -0.1) is 0 Å². The summed E-state index contributed by atoms with van der Waals surface area (Å²) in [4.78, 5) is 6.78. The van der Waals surface area contributed by atoms with Crippen LogP contribution in [0.5, 0.6) is 11.5 Å². The molecule has 0 radical (unpaired) electrons. The first-order valence-corrected chi connectivity index (χ1v) is 11.2. The lowest BCUT2D eigenvalue weighted by Crippen LogP contribution is -2.38. The van der Waals surface area contributed by atoms with Crippen molar-refractivity contribution in [3.63, 3.8) is 0 Å². The van der Waals surface area contributed by atoms with Crippen LogP contribution in [0.3, 0.4) is 0 Å². The quantitative estimate of drug-likeness (QED) is 0.706. The fourth-order valence-electron chi connectivity index (χ4n) is 4.49. The molecule has 0 amide bonds. The van der Waals surface area contributed by atoms with Gasteiger partial charge in [-0.2, -0.15) is 0 Å². The molecule has 0 bridgehead atoms. The number of piperidine rings is 1. The molecule has 2 fully saturated rings. The molecule has 0 atom stereocenters. The van der Waals surface area contributed by atoms with E-state index >= 15 is 0 Å². The Morgan fingerprint density at radius 3 is 2.57 bits per heavy atom. The van der Waals surface area contributed by atoms with Crippen molar-refractivity contribution in [1.29, 1.82) is 0 Å². The van der Waals surface area contributed by atoms with Crippen molar-refractivity contribution in [3.8, 4) is 11.5 Å². The monoisotopic (exact) mass is 410 g/mol. The molecule has 1 saturated heterocycles. The number of nitrogens with two attached hydrogens (primary N) is 1. The van der Waals surface area contributed by atoms with E-state index in [1.165, 1.54) is 18.4 Å². The van der Waals surface area contributed by atoms with E-state index in [1.807, 2.05) is 19.2 Å². The van der Waals surface area contributed by atoms with Crippen LogP contribution in [0, 0.1) is 6.92 Å². The average molecular weight is 411 g/mol. The summed E-state index contributed by atoms with van der Waals surface area (Å²) in [7, 11) is 1.71. The molecule has 2 aromatic rings. The molecular weight excluding hydrogens is 376 g/mol. The van der Waals surface area contributed by atoms with E-state index in [1.54, 1.807) is 7.11 Å². The number of nitrogen functional groups attached to an aromatic ring is 1. The number of nitrogens with zero attached hydrogens (tertiary/aromatic N) is 2. The van der Waals surface area contributed by atoms with E-state index in [9.17, 15) is 0 Å². The van der Waals surface area contributed by atoms with Crippen molar-refractivity contribution in [3.05, 3.63) is 41.6 Å². The SMILES string of the molecule is COc1ccc(CN2CCC(Nc3cnc(N)c(C)c3)CC2)cc1OC1CCCC1. The van der Waals surface area contributed by atoms with Gasteiger partial charge >= 0.3 is 0 Å². The van der Waals surface area contributed by atoms with Crippen molar-refractivity contribution >= 4 is 11.5 Å². The van der Waals surface area contributed by atoms with Gasteiger partial charge < -0.3 is 20.5 Å². The highest BCUT2D eigenvalue weighted by Gasteiger charge is 2.21. The van der Waals surface area contributed by atoms with E-state index in [-0.39, 0.29) is 0 Å². The zero-order valence-electron chi connectivity index (χ0n) is 18.2. The second-order valence-corrected chi connectivity index (χ2v) is 8.63. The fourth-order valence-corrected chi connectivity index (χ4v) is 4.49. The third kappa shape index (κ3) is 5.17. The first kappa shape index (κ1) is 20.8. The number of likely N-dealkylation sites (tertiary alicyclic amines) is 1. The molecule has 1 saturated carbocycles. The third-order valence-electron chi connectivity index (χ3n) is 6.31. The maximum Gasteiger partial charge on any atom is 0.161 e. The molecular formula is C24H34N4O2. The minimum atomic E-state index is 0.336. The Kier molecular flexibility index (Phi) is 6.62. The number of aryl methyl sites for hydroxylation is 1. The molecule has 4 rings (SSSR count). The number of methoxy groups -OCH3 is 1. The number of pyridine rings is 1. The Morgan fingerprint density at radius 1 is 1.10 bits per heavy atom. The highest BCUT2D eigenvalue weighted by Crippen LogP contribution is 2.33. The molecule has 1 aromatic heterocycles. The lowest BCUT2D eigenvalue weighted by molar-refractivity contribution is 0.197. The molecule has 6 nitrogen and oxygen atoms in total. The van der Waals surface area contributed by atoms with E-state index in [0.717, 1.165) is 68.1 Å². The number of benzene rings is 1. The summed E-state index contributed by atoms with van der Waals surface area (Å²) in [6.45, 7) is 5.09. The van der Waals surface area contributed by atoms with Crippen LogP contribution in [-0.4, -0.2) is 42.2 Å². The first-order chi connectivity index (χ1) is 14.6. The Balaban J connectivity index is 1.31. The summed E-state index contributed by atoms with van der Waals surface area (Å²) in [5.41, 5.74) is 9.19. The maximum absolute atomic E-state index is 6.26. The summed E-state index contributed by atoms with van der Waals surface area (Å²) < 4.78 is 11.8. The number of ether oxygens (including phenoxy) is 2. The average Bonchev–Trinajstić information content (AvgIpc) is 3.26. The van der Waals surface area contributed by atoms with Gasteiger partial charge in [0.25, 0.3) is 0 Å². The predicted molar refractivity (Wildman–Crippen MR) is 121 cm³/mol. The summed E-state index contributed by atoms with van der Waals surface area (Å²) in [6.07, 6.45) is 9.23. The van der Waals surface area contributed by atoms with Crippen LogP contribution < -0.4 is 20.5 Å². The number of hydrogen-bond donors (Lipinski definition) is 2. The molecule has 1 aliphatic heterocycles. The lowest BCUT2D eigenvalue weighted by atomic mass is 10.0. The van der Waals surface area contributed by atoms with Crippen molar-refractivity contribution < 1.29 is 9.47 Å². The van der Waals surface area contributed by atoms with Gasteiger partial charge in [-0.05, 0) is 74.8 Å². The van der Waals surface area contributed by atoms with Gasteiger partial charge in [-0.25, -0.2) is 4.98 Å². The van der Waals surface area contributed by atoms with Crippen LogP contribution in [0.1, 0.15) is 49.7 Å². The van der Waals surface area contributed by atoms with E-state index in [4.69, 9.17) is 15.2 Å². The second kappa shape index (κ2) is 9.56. The topological polar surface area (TPSA) is 72.6 Å². The van der Waals surface area contributed by atoms with Crippen molar-refractivity contribution in [1.82, 2.24) is 9.88 Å². The number of aromatic nitrogens is 1. The Labute approximate surface area is 179 Å². The van der Waals surface area contributed by atoms with Crippen molar-refractivity contribution in [2.24, 2.45) is 0 Å². The Morgan fingerprint density at radius 2 is 1.87 bits per heavy atom. The molecule has 30 heavy (non-hydrogen) atoms. The smallest absolute Gasteiger partial charge is 0.161 e. The van der Waals surface area contributed by atoms with Crippen molar-refractivity contribution in [2.45, 2.75) is 64.1 Å². The summed E-state index contributed by atoms with van der Waals surface area (Å²) in [5.74, 6) is 2.33. The molecule has 3 N–H and O–H groups in total. The van der Waals surface area contributed by atoms with Gasteiger partial charge in [0.2, 0.25) is 0 Å². The summed E-state index contributed by atoms with van der Waals surface area (Å²) in [5, 5.41) is 3.62. The Bertz CT molecular complexity index is 843. The number of anilines is 2. The lowest BCUT2D eigenvalue weighted by Gasteiger charge is -2.33. The van der Waals surface area contributed by atoms with E-state index < -0.39 is 0 Å². The third-order valence-corrected chi connectivity index (χ3v) is 6.31. The van der Waals surface area contributed by atoms with E-state index in [0.29, 0.717) is 18.0 Å². The van der Waals surface area contributed by atoms with Gasteiger partial charge in [-0.1, -0.05) is 6.07 Å². The number of rotatable bonds is 7. The van der Waals surface area contributed by atoms with Gasteiger partial charge in [0, 0.05) is 25.7 Å². The van der Waals surface area contributed by atoms with Crippen LogP contribution >= 0.6 is 0 Å². The molecule has 0 spiro atoms. The van der Waals surface area contributed by atoms with Crippen LogP contribution in [0.25, 0.3) is 0 Å². The normalized spacial score (nSPS) is 18.5. The highest BCUT2D eigenvalue weighted by molar-refractivity contribution is 5.51. The first-order valence-electron chi connectivity index (χ1n) is 11.2. The Hall–Kier alpha value is -2.47. The molecule has 2 aliphatic rings. The molecule has 1 aromatic carbocycles. The van der Waals surface area contributed by atoms with Gasteiger partial charge in [0.15, 0.2) is 11.5 Å². The van der Waals surface area contributed by atoms with Crippen LogP contribution in [0.15, 0.2) is 30.5 Å². The summed E-state index contributed by atoms with van der Waals surface area (Å²) >= 11 is 0. The highest BCUT2D eigenvalue weighted by atomic mass is 16.5. The zero-order valence-corrected chi connectivity index (χ0v) is 18.2. The zero-order chi connectivity index (χ0) is 20.9. The molecule has 6 heteroatoms. The molecule has 162 valence electrons. The maximum atomic E-state index is 6.26. The van der Waals surface area contributed by atoms with Gasteiger partial charge in [0.1, 0.15) is 5.82 Å². The van der Waals surface area contributed by atoms with Gasteiger partial charge in [0.05, 0.1) is 25.1 Å². The minimum absolute atomic E-state index is 0.336. The predicted octanol–water partition coefficient (Wildman–Crippen LogP) is 4.38. The second-order valence-electron chi connectivity index (χ2n) is 8.63. The molecule has 0 unspecified atom stereocenters. The van der Waals surface area contributed by atoms with Crippen LogP contribution in [0.2, 0.25) is 0 Å². The van der Waals surface area contributed by atoms with E-state index in [2.05, 4.69) is 33.4 Å². The van der Waals surface area contributed by atoms with Gasteiger partial charge in [-0.3, -0.25) is 4.90 Å². The number of hydrogen-bond acceptors (Lipinski definition) is 6. The molecule has 2 heterocycles. The van der Waals surface area contributed by atoms with Crippen LogP contribution in [-0.2, 0) is 6.54 Å². The minimum Gasteiger partial charge on any atom is -0.493 e. The van der Waals surface area contributed by atoms with Crippen LogP contribution in [0.4, 0.5) is 11.5 Å². The van der Waals surface area contributed by atoms with Crippen molar-refractivity contribution in [2.75, 3.05) is 31.2 Å². The number of nitrogens with one attached hydrogen (secondary N) is 1. The fraction of sp³-hybridized carbons (Fsp3) is 0.542. The largest absolute Gasteiger partial charge is 0.493 e. The summed E-state index contributed by atoms with van der Waals surface area (Å²) in [6, 6.07) is 8.93. The molecule has 1 aliphatic carbocycles.